The van der Waals surface area contributed by atoms with Crippen molar-refractivity contribution in [2.75, 3.05) is 13.1 Å². The molecule has 0 atom stereocenters. The number of carbonyl (C=O) groups excluding carboxylic acids is 1. The van der Waals surface area contributed by atoms with Crippen molar-refractivity contribution in [3.63, 3.8) is 0 Å². The van der Waals surface area contributed by atoms with Gasteiger partial charge in [-0.3, -0.25) is 0 Å². The first-order chi connectivity index (χ1) is 12.0. The van der Waals surface area contributed by atoms with Crippen LogP contribution in [0.4, 0.5) is 9.18 Å². The lowest BCUT2D eigenvalue weighted by atomic mass is 10.2. The predicted molar refractivity (Wildman–Crippen MR) is 101 cm³/mol. The van der Waals surface area contributed by atoms with E-state index < -0.39 is 0 Å². The number of allylic oxidation sites excluding steroid dienone is 3. The normalized spacial score (nSPS) is 11.2. The molecule has 0 aromatic heterocycles. The summed E-state index contributed by atoms with van der Waals surface area (Å²) in [5, 5.41) is 8.68. The molecule has 1 aromatic rings. The lowest BCUT2D eigenvalue weighted by molar-refractivity contribution is 0.241. The molecule has 1 rings (SSSR count). The van der Waals surface area contributed by atoms with E-state index in [0.29, 0.717) is 19.6 Å². The highest BCUT2D eigenvalue weighted by atomic mass is 19.1. The van der Waals surface area contributed by atoms with Crippen molar-refractivity contribution in [1.82, 2.24) is 16.0 Å². The van der Waals surface area contributed by atoms with Crippen LogP contribution >= 0.6 is 0 Å². The van der Waals surface area contributed by atoms with Crippen LogP contribution in [0.2, 0.25) is 0 Å². The van der Waals surface area contributed by atoms with Crippen LogP contribution in [-0.4, -0.2) is 19.1 Å². The van der Waals surface area contributed by atoms with Crippen LogP contribution in [0.15, 0.2) is 73.0 Å². The van der Waals surface area contributed by atoms with Gasteiger partial charge in [-0.15, -0.1) is 0 Å². The zero-order chi connectivity index (χ0) is 18.5. The van der Waals surface area contributed by atoms with E-state index in [4.69, 9.17) is 0 Å². The summed E-state index contributed by atoms with van der Waals surface area (Å²) in [5.41, 5.74) is 2.85. The zero-order valence-electron chi connectivity index (χ0n) is 14.6. The average Bonchev–Trinajstić information content (AvgIpc) is 2.62. The first kappa shape index (κ1) is 20.2. The quantitative estimate of drug-likeness (QED) is 0.566. The molecule has 0 unspecified atom stereocenters. The van der Waals surface area contributed by atoms with E-state index in [0.717, 1.165) is 23.3 Å². The van der Waals surface area contributed by atoms with Crippen molar-refractivity contribution in [2.24, 2.45) is 0 Å². The minimum absolute atomic E-state index is 0.277. The lowest BCUT2D eigenvalue weighted by Crippen LogP contribution is -2.35. The second kappa shape index (κ2) is 11.7. The molecule has 5 heteroatoms. The molecule has 134 valence electrons. The van der Waals surface area contributed by atoms with Gasteiger partial charge in [0.1, 0.15) is 5.82 Å². The fourth-order valence-electron chi connectivity index (χ4n) is 1.89. The molecular weight excluding hydrogens is 317 g/mol. The number of rotatable bonds is 10. The van der Waals surface area contributed by atoms with Gasteiger partial charge in [0.25, 0.3) is 0 Å². The van der Waals surface area contributed by atoms with E-state index in [2.05, 4.69) is 29.1 Å². The third-order valence-corrected chi connectivity index (χ3v) is 3.38. The summed E-state index contributed by atoms with van der Waals surface area (Å²) in [4.78, 5) is 11.7. The van der Waals surface area contributed by atoms with Gasteiger partial charge in [-0.25, -0.2) is 9.18 Å². The molecule has 0 radical (unpaired) electrons. The molecule has 0 aliphatic rings. The molecule has 0 spiro atoms. The Morgan fingerprint density at radius 2 is 1.92 bits per heavy atom. The van der Waals surface area contributed by atoms with Crippen molar-refractivity contribution >= 4 is 6.03 Å². The molecule has 0 saturated carbocycles. The van der Waals surface area contributed by atoms with Crippen LogP contribution in [0.25, 0.3) is 0 Å². The number of amides is 2. The molecule has 0 bridgehead atoms. The monoisotopic (exact) mass is 343 g/mol. The Kier molecular flexibility index (Phi) is 9.45. The summed E-state index contributed by atoms with van der Waals surface area (Å²) >= 11 is 0. The Morgan fingerprint density at radius 1 is 1.20 bits per heavy atom. The van der Waals surface area contributed by atoms with Gasteiger partial charge in [-0.05, 0) is 29.7 Å². The van der Waals surface area contributed by atoms with Crippen LogP contribution in [0.1, 0.15) is 18.9 Å². The van der Waals surface area contributed by atoms with Crippen molar-refractivity contribution in [1.29, 1.82) is 0 Å². The Labute approximate surface area is 149 Å². The summed E-state index contributed by atoms with van der Waals surface area (Å²) in [6.45, 7) is 11.0. The molecule has 1 aromatic carbocycles. The third kappa shape index (κ3) is 9.15. The molecule has 0 aliphatic carbocycles. The number of benzene rings is 1. The maximum absolute atomic E-state index is 12.8. The summed E-state index contributed by atoms with van der Waals surface area (Å²) in [7, 11) is 0. The van der Waals surface area contributed by atoms with Crippen molar-refractivity contribution < 1.29 is 9.18 Å². The average molecular weight is 343 g/mol. The Hall–Kier alpha value is -2.82. The summed E-state index contributed by atoms with van der Waals surface area (Å²) in [5.74, 6) is -0.293. The van der Waals surface area contributed by atoms with E-state index in [1.165, 1.54) is 12.1 Å². The Balaban J connectivity index is 2.32. The topological polar surface area (TPSA) is 53.2 Å². The molecule has 4 nitrogen and oxygen atoms in total. The van der Waals surface area contributed by atoms with E-state index in [9.17, 15) is 9.18 Å². The number of urea groups is 1. The summed E-state index contributed by atoms with van der Waals surface area (Å²) in [6, 6.07) is 5.73. The smallest absolute Gasteiger partial charge is 0.315 e. The van der Waals surface area contributed by atoms with Gasteiger partial charge >= 0.3 is 6.03 Å². The number of hydrogen-bond acceptors (Lipinski definition) is 2. The standard InChI is InChI=1S/C20H26FN3O/c1-4-7-17(14-23-16(3)5-2)8-6-13-22-20(25)24-15-18-9-11-19(21)12-10-18/h4,6-12,23H,1,3,5,13-15H2,2H3,(H2,22,24,25)/b8-6-,17-7+. The first-order valence-electron chi connectivity index (χ1n) is 8.21. The zero-order valence-corrected chi connectivity index (χ0v) is 14.6. The number of hydrogen-bond donors (Lipinski definition) is 3. The molecule has 0 aliphatic heterocycles. The lowest BCUT2D eigenvalue weighted by Gasteiger charge is -2.08. The van der Waals surface area contributed by atoms with Gasteiger partial charge in [0.2, 0.25) is 0 Å². The minimum Gasteiger partial charge on any atom is -0.385 e. The summed E-state index contributed by atoms with van der Waals surface area (Å²) in [6.07, 6.45) is 8.29. The SMILES string of the molecule is C=C/C=C(\C=C/CNC(=O)NCc1ccc(F)cc1)CNC(=C)CC. The molecule has 0 heterocycles. The Bertz CT molecular complexity index is 633. The number of nitrogens with one attached hydrogen (secondary N) is 3. The highest BCUT2D eigenvalue weighted by molar-refractivity contribution is 5.73. The van der Waals surface area contributed by atoms with Crippen LogP contribution in [-0.2, 0) is 6.54 Å². The highest BCUT2D eigenvalue weighted by Crippen LogP contribution is 2.02. The largest absolute Gasteiger partial charge is 0.385 e. The first-order valence-corrected chi connectivity index (χ1v) is 8.21. The molecular formula is C20H26FN3O. The Morgan fingerprint density at radius 3 is 2.56 bits per heavy atom. The fourth-order valence-corrected chi connectivity index (χ4v) is 1.89. The van der Waals surface area contributed by atoms with Gasteiger partial charge < -0.3 is 16.0 Å². The second-order valence-corrected chi connectivity index (χ2v) is 5.38. The van der Waals surface area contributed by atoms with Gasteiger partial charge in [-0.1, -0.05) is 56.5 Å². The third-order valence-electron chi connectivity index (χ3n) is 3.38. The maximum Gasteiger partial charge on any atom is 0.315 e. The molecule has 3 N–H and O–H groups in total. The maximum atomic E-state index is 12.8. The van der Waals surface area contributed by atoms with Gasteiger partial charge in [0.05, 0.1) is 0 Å². The molecule has 25 heavy (non-hydrogen) atoms. The van der Waals surface area contributed by atoms with E-state index in [-0.39, 0.29) is 11.8 Å². The summed E-state index contributed by atoms with van der Waals surface area (Å²) < 4.78 is 12.8. The van der Waals surface area contributed by atoms with Gasteiger partial charge in [0.15, 0.2) is 0 Å². The van der Waals surface area contributed by atoms with Crippen molar-refractivity contribution in [3.05, 3.63) is 84.4 Å². The minimum atomic E-state index is -0.293. The van der Waals surface area contributed by atoms with Crippen LogP contribution in [0.5, 0.6) is 0 Å². The van der Waals surface area contributed by atoms with Crippen LogP contribution in [0.3, 0.4) is 0 Å². The molecule has 0 saturated heterocycles. The molecule has 2 amide bonds. The van der Waals surface area contributed by atoms with Gasteiger partial charge in [0, 0.05) is 25.3 Å². The van der Waals surface area contributed by atoms with Gasteiger partial charge in [-0.2, -0.15) is 0 Å². The van der Waals surface area contributed by atoms with Crippen molar-refractivity contribution in [2.45, 2.75) is 19.9 Å². The van der Waals surface area contributed by atoms with E-state index >= 15 is 0 Å². The highest BCUT2D eigenvalue weighted by Gasteiger charge is 1.99. The predicted octanol–water partition coefficient (Wildman–Crippen LogP) is 3.81. The number of halogens is 1. The van der Waals surface area contributed by atoms with Crippen molar-refractivity contribution in [3.8, 4) is 0 Å². The molecule has 0 fully saturated rings. The van der Waals surface area contributed by atoms with Crippen LogP contribution in [0, 0.1) is 5.82 Å². The fraction of sp³-hybridized carbons (Fsp3) is 0.250. The second-order valence-electron chi connectivity index (χ2n) is 5.38. The number of carbonyl (C=O) groups is 1. The van der Waals surface area contributed by atoms with E-state index in [1.807, 2.05) is 25.2 Å². The van der Waals surface area contributed by atoms with Crippen LogP contribution < -0.4 is 16.0 Å². The van der Waals surface area contributed by atoms with E-state index in [1.54, 1.807) is 18.2 Å².